The van der Waals surface area contributed by atoms with Crippen molar-refractivity contribution >= 4 is 16.9 Å². The van der Waals surface area contributed by atoms with Crippen molar-refractivity contribution in [2.24, 2.45) is 7.05 Å². The Labute approximate surface area is 166 Å². The summed E-state index contributed by atoms with van der Waals surface area (Å²) in [4.78, 5) is 13.5. The Hall–Kier alpha value is -4.07. The first kappa shape index (κ1) is 17.1. The molecule has 0 bridgehead atoms. The van der Waals surface area contributed by atoms with Gasteiger partial charge in [0.25, 0.3) is 0 Å². The zero-order valence-electron chi connectivity index (χ0n) is 15.8. The largest absolute Gasteiger partial charge is 0.365 e. The van der Waals surface area contributed by atoms with Crippen molar-refractivity contribution in [1.82, 2.24) is 34.5 Å². The van der Waals surface area contributed by atoms with Crippen molar-refractivity contribution in [3.63, 3.8) is 0 Å². The molecule has 0 aliphatic heterocycles. The Balaban J connectivity index is 1.48. The Bertz CT molecular complexity index is 1260. The highest BCUT2D eigenvalue weighted by Crippen LogP contribution is 2.25. The summed E-state index contributed by atoms with van der Waals surface area (Å²) in [6.45, 7) is 0.617. The minimum Gasteiger partial charge on any atom is -0.365 e. The van der Waals surface area contributed by atoms with Crippen LogP contribution in [0.3, 0.4) is 0 Å². The number of fused-ring (bicyclic) bond motifs is 1. The normalized spacial score (nSPS) is 11.1. The van der Waals surface area contributed by atoms with Gasteiger partial charge in [0.05, 0.1) is 17.3 Å². The van der Waals surface area contributed by atoms with E-state index < -0.39 is 0 Å². The summed E-state index contributed by atoms with van der Waals surface area (Å²) in [5.41, 5.74) is 3.83. The number of pyridine rings is 1. The van der Waals surface area contributed by atoms with Gasteiger partial charge in [-0.2, -0.15) is 10.2 Å². The van der Waals surface area contributed by atoms with Gasteiger partial charge in [-0.1, -0.05) is 12.1 Å². The van der Waals surface area contributed by atoms with Crippen LogP contribution in [-0.4, -0.2) is 34.5 Å². The fraction of sp³-hybridized carbons (Fsp3) is 0.0952. The third kappa shape index (κ3) is 3.31. The van der Waals surface area contributed by atoms with Crippen molar-refractivity contribution in [2.45, 2.75) is 6.54 Å². The van der Waals surface area contributed by atoms with E-state index >= 15 is 0 Å². The molecule has 5 rings (SSSR count). The first-order valence-electron chi connectivity index (χ1n) is 9.21. The van der Waals surface area contributed by atoms with E-state index in [2.05, 4.69) is 37.6 Å². The average Bonchev–Trinajstić information content (AvgIpc) is 3.44. The molecule has 0 saturated carbocycles. The van der Waals surface area contributed by atoms with Crippen LogP contribution in [-0.2, 0) is 13.6 Å². The predicted molar refractivity (Wildman–Crippen MR) is 110 cm³/mol. The summed E-state index contributed by atoms with van der Waals surface area (Å²) in [6, 6.07) is 13.9. The minimum absolute atomic E-state index is 0.617. The third-order valence-electron chi connectivity index (χ3n) is 4.67. The Kier molecular flexibility index (Phi) is 4.21. The quantitative estimate of drug-likeness (QED) is 0.502. The first-order valence-corrected chi connectivity index (χ1v) is 9.21. The molecule has 0 fully saturated rings. The molecular weight excluding hydrogens is 364 g/mol. The van der Waals surface area contributed by atoms with E-state index in [-0.39, 0.29) is 0 Å². The van der Waals surface area contributed by atoms with Gasteiger partial charge in [0.15, 0.2) is 11.5 Å². The lowest BCUT2D eigenvalue weighted by molar-refractivity contribution is 0.786. The van der Waals surface area contributed by atoms with E-state index in [9.17, 15) is 0 Å². The molecule has 0 atom stereocenters. The zero-order chi connectivity index (χ0) is 19.6. The molecule has 0 aliphatic carbocycles. The molecule has 0 amide bonds. The molecule has 0 radical (unpaired) electrons. The highest BCUT2D eigenvalue weighted by molar-refractivity contribution is 5.88. The van der Waals surface area contributed by atoms with E-state index in [0.717, 1.165) is 33.7 Å². The third-order valence-corrected chi connectivity index (χ3v) is 4.67. The maximum absolute atomic E-state index is 4.75. The standard InChI is InChI=1S/C21H18N8/c1-28-21-18(14-25-28)20(26-19(27-21)16-6-9-22-10-7-16)23-13-15-4-2-5-17(12-15)29-11-3-8-24-29/h2-12,14H,13H2,1H3,(H,23,26,27). The van der Waals surface area contributed by atoms with Gasteiger partial charge >= 0.3 is 0 Å². The lowest BCUT2D eigenvalue weighted by atomic mass is 10.2. The number of rotatable bonds is 5. The average molecular weight is 382 g/mol. The number of nitrogens with one attached hydrogen (secondary N) is 1. The summed E-state index contributed by atoms with van der Waals surface area (Å²) >= 11 is 0. The molecule has 0 aliphatic rings. The number of aryl methyl sites for hydroxylation is 1. The fourth-order valence-corrected chi connectivity index (χ4v) is 3.20. The van der Waals surface area contributed by atoms with Gasteiger partial charge in [0, 0.05) is 43.9 Å². The minimum atomic E-state index is 0.617. The van der Waals surface area contributed by atoms with Crippen molar-refractivity contribution < 1.29 is 0 Å². The van der Waals surface area contributed by atoms with Gasteiger partial charge < -0.3 is 5.32 Å². The van der Waals surface area contributed by atoms with Crippen molar-refractivity contribution in [3.8, 4) is 17.1 Å². The summed E-state index contributed by atoms with van der Waals surface area (Å²) in [7, 11) is 1.88. The summed E-state index contributed by atoms with van der Waals surface area (Å²) < 4.78 is 3.60. The molecule has 0 spiro atoms. The number of nitrogens with zero attached hydrogens (tertiary/aromatic N) is 7. The van der Waals surface area contributed by atoms with Crippen LogP contribution in [0.1, 0.15) is 5.56 Å². The molecule has 4 heterocycles. The second-order valence-electron chi connectivity index (χ2n) is 6.61. The molecule has 0 unspecified atom stereocenters. The van der Waals surface area contributed by atoms with Gasteiger partial charge in [0.1, 0.15) is 5.82 Å². The van der Waals surface area contributed by atoms with Crippen LogP contribution in [0.5, 0.6) is 0 Å². The Morgan fingerprint density at radius 2 is 1.86 bits per heavy atom. The predicted octanol–water partition coefficient (Wildman–Crippen LogP) is 3.22. The number of hydrogen-bond acceptors (Lipinski definition) is 6. The zero-order valence-corrected chi connectivity index (χ0v) is 15.8. The van der Waals surface area contributed by atoms with E-state index in [1.807, 2.05) is 48.3 Å². The lowest BCUT2D eigenvalue weighted by Gasteiger charge is -2.10. The molecule has 5 aromatic rings. The summed E-state index contributed by atoms with van der Waals surface area (Å²) in [5, 5.41) is 13.0. The van der Waals surface area contributed by atoms with Gasteiger partial charge in [-0.15, -0.1) is 0 Å². The lowest BCUT2D eigenvalue weighted by Crippen LogP contribution is -2.05. The summed E-state index contributed by atoms with van der Waals surface area (Å²) in [6.07, 6.45) is 8.96. The molecule has 1 N–H and O–H groups in total. The second kappa shape index (κ2) is 7.16. The molecule has 8 nitrogen and oxygen atoms in total. The van der Waals surface area contributed by atoms with Crippen LogP contribution in [0.25, 0.3) is 28.1 Å². The number of hydrogen-bond donors (Lipinski definition) is 1. The fourth-order valence-electron chi connectivity index (χ4n) is 3.20. The number of anilines is 1. The van der Waals surface area contributed by atoms with E-state index in [0.29, 0.717) is 12.4 Å². The first-order chi connectivity index (χ1) is 14.3. The molecule has 1 aromatic carbocycles. The van der Waals surface area contributed by atoms with E-state index in [1.165, 1.54) is 0 Å². The van der Waals surface area contributed by atoms with Gasteiger partial charge in [-0.3, -0.25) is 9.67 Å². The molecule has 0 saturated heterocycles. The van der Waals surface area contributed by atoms with Crippen LogP contribution in [0, 0.1) is 0 Å². The molecular formula is C21H18N8. The van der Waals surface area contributed by atoms with Crippen molar-refractivity contribution in [1.29, 1.82) is 0 Å². The Morgan fingerprint density at radius 3 is 2.69 bits per heavy atom. The molecule has 4 aromatic heterocycles. The summed E-state index contributed by atoms with van der Waals surface area (Å²) in [5.74, 6) is 1.38. The van der Waals surface area contributed by atoms with Crippen LogP contribution < -0.4 is 5.32 Å². The van der Waals surface area contributed by atoms with Crippen LogP contribution >= 0.6 is 0 Å². The van der Waals surface area contributed by atoms with Crippen LogP contribution in [0.2, 0.25) is 0 Å². The smallest absolute Gasteiger partial charge is 0.164 e. The second-order valence-corrected chi connectivity index (χ2v) is 6.61. The molecule has 142 valence electrons. The van der Waals surface area contributed by atoms with Crippen molar-refractivity contribution in [3.05, 3.63) is 79.0 Å². The number of aromatic nitrogens is 7. The maximum Gasteiger partial charge on any atom is 0.164 e. The monoisotopic (exact) mass is 382 g/mol. The van der Waals surface area contributed by atoms with Crippen LogP contribution in [0.15, 0.2) is 73.4 Å². The van der Waals surface area contributed by atoms with Gasteiger partial charge in [-0.25, -0.2) is 14.6 Å². The Morgan fingerprint density at radius 1 is 0.966 bits per heavy atom. The SMILES string of the molecule is Cn1ncc2c(NCc3cccc(-n4cccn4)c3)nc(-c3ccncc3)nc21. The van der Waals surface area contributed by atoms with Crippen LogP contribution in [0.4, 0.5) is 5.82 Å². The van der Waals surface area contributed by atoms with E-state index in [4.69, 9.17) is 4.98 Å². The van der Waals surface area contributed by atoms with Gasteiger partial charge in [0.2, 0.25) is 0 Å². The molecule has 8 heteroatoms. The highest BCUT2D eigenvalue weighted by Gasteiger charge is 2.13. The van der Waals surface area contributed by atoms with Gasteiger partial charge in [-0.05, 0) is 35.9 Å². The topological polar surface area (TPSA) is 86.3 Å². The maximum atomic E-state index is 4.75. The highest BCUT2D eigenvalue weighted by atomic mass is 15.3. The van der Waals surface area contributed by atoms with E-state index in [1.54, 1.807) is 29.5 Å². The van der Waals surface area contributed by atoms with Crippen molar-refractivity contribution in [2.75, 3.05) is 5.32 Å². The molecule has 29 heavy (non-hydrogen) atoms. The number of benzene rings is 1.